The van der Waals surface area contributed by atoms with Gasteiger partial charge in [0.05, 0.1) is 16.7 Å². The lowest BCUT2D eigenvalue weighted by molar-refractivity contribution is 0.0360. The van der Waals surface area contributed by atoms with Gasteiger partial charge in [-0.1, -0.05) is 19.3 Å². The second kappa shape index (κ2) is 6.55. The fraction of sp³-hybridized carbons (Fsp3) is 0.636. The zero-order chi connectivity index (χ0) is 19.5. The number of carbonyl (C=O) groups is 2. The number of primary amides is 1. The van der Waals surface area contributed by atoms with Crippen LogP contribution in [0.15, 0.2) is 12.1 Å². The molecule has 2 saturated carbocycles. The predicted molar refractivity (Wildman–Crippen MR) is 103 cm³/mol. The lowest BCUT2D eigenvalue weighted by Gasteiger charge is -2.43. The van der Waals surface area contributed by atoms with Crippen LogP contribution in [0.5, 0.6) is 0 Å². The summed E-state index contributed by atoms with van der Waals surface area (Å²) in [4.78, 5) is 29.8. The van der Waals surface area contributed by atoms with Gasteiger partial charge in [0.15, 0.2) is 0 Å². The van der Waals surface area contributed by atoms with Crippen molar-refractivity contribution >= 4 is 11.8 Å². The predicted octanol–water partition coefficient (Wildman–Crippen LogP) is 3.17. The van der Waals surface area contributed by atoms with Crippen molar-refractivity contribution in [2.75, 3.05) is 13.1 Å². The molecule has 2 aliphatic carbocycles. The van der Waals surface area contributed by atoms with Gasteiger partial charge in [0.25, 0.3) is 5.91 Å². The summed E-state index contributed by atoms with van der Waals surface area (Å²) in [7, 11) is 0. The summed E-state index contributed by atoms with van der Waals surface area (Å²) in [5.74, 6) is -1.34. The first-order chi connectivity index (χ1) is 13.5. The van der Waals surface area contributed by atoms with Gasteiger partial charge in [-0.15, -0.1) is 0 Å². The van der Waals surface area contributed by atoms with Crippen LogP contribution >= 0.6 is 0 Å². The van der Waals surface area contributed by atoms with E-state index in [1.54, 1.807) is 0 Å². The smallest absolute Gasteiger partial charge is 0.256 e. The van der Waals surface area contributed by atoms with Gasteiger partial charge in [0.1, 0.15) is 5.82 Å². The zero-order valence-electron chi connectivity index (χ0n) is 16.3. The van der Waals surface area contributed by atoms with E-state index in [9.17, 15) is 14.0 Å². The largest absolute Gasteiger partial charge is 0.366 e. The van der Waals surface area contributed by atoms with Crippen molar-refractivity contribution in [2.45, 2.75) is 75.4 Å². The Labute approximate surface area is 165 Å². The van der Waals surface area contributed by atoms with E-state index in [-0.39, 0.29) is 17.5 Å². The maximum atomic E-state index is 14.2. The summed E-state index contributed by atoms with van der Waals surface area (Å²) in [5, 5.41) is 0. The van der Waals surface area contributed by atoms with Gasteiger partial charge in [-0.2, -0.15) is 0 Å². The van der Waals surface area contributed by atoms with Gasteiger partial charge in [-0.05, 0) is 56.2 Å². The quantitative estimate of drug-likeness (QED) is 0.869. The molecule has 1 spiro atoms. The van der Waals surface area contributed by atoms with Gasteiger partial charge in [0, 0.05) is 25.2 Å². The summed E-state index contributed by atoms with van der Waals surface area (Å²) < 4.78 is 14.2. The summed E-state index contributed by atoms with van der Waals surface area (Å²) in [6, 6.07) is 3.42. The Morgan fingerprint density at radius 3 is 2.32 bits per heavy atom. The molecule has 0 unspecified atom stereocenters. The highest BCUT2D eigenvalue weighted by molar-refractivity contribution is 6.10. The lowest BCUT2D eigenvalue weighted by Crippen LogP contribution is -2.51. The van der Waals surface area contributed by atoms with Crippen LogP contribution in [-0.4, -0.2) is 46.8 Å². The summed E-state index contributed by atoms with van der Waals surface area (Å²) in [5.41, 5.74) is 6.13. The number of carbonyl (C=O) groups excluding carboxylic acids is 2. The van der Waals surface area contributed by atoms with Crippen LogP contribution in [0.3, 0.4) is 0 Å². The van der Waals surface area contributed by atoms with Crippen molar-refractivity contribution in [3.63, 3.8) is 0 Å². The summed E-state index contributed by atoms with van der Waals surface area (Å²) >= 11 is 0. The first kappa shape index (κ1) is 18.1. The number of hydrogen-bond donors (Lipinski definition) is 1. The highest BCUT2D eigenvalue weighted by Gasteiger charge is 2.60. The number of hydrogen-bond acceptors (Lipinski definition) is 3. The highest BCUT2D eigenvalue weighted by atomic mass is 19.1. The number of piperidine rings is 1. The Bertz CT molecular complexity index is 821. The average Bonchev–Trinajstić information content (AvgIpc) is 3.45. The minimum Gasteiger partial charge on any atom is -0.366 e. The number of fused-ring (bicyclic) bond motifs is 2. The summed E-state index contributed by atoms with van der Waals surface area (Å²) in [6.45, 7) is 2.03. The first-order valence-corrected chi connectivity index (χ1v) is 10.7. The van der Waals surface area contributed by atoms with Crippen LogP contribution in [0.1, 0.15) is 84.1 Å². The van der Waals surface area contributed by atoms with Crippen LogP contribution in [0.25, 0.3) is 0 Å². The van der Waals surface area contributed by atoms with Crippen molar-refractivity contribution in [1.29, 1.82) is 0 Å². The van der Waals surface area contributed by atoms with Crippen molar-refractivity contribution in [3.05, 3.63) is 34.6 Å². The van der Waals surface area contributed by atoms with Crippen LogP contribution in [0.4, 0.5) is 4.39 Å². The monoisotopic (exact) mass is 385 g/mol. The van der Waals surface area contributed by atoms with Gasteiger partial charge >= 0.3 is 0 Å². The number of amides is 2. The van der Waals surface area contributed by atoms with Crippen LogP contribution in [0.2, 0.25) is 0 Å². The van der Waals surface area contributed by atoms with E-state index in [1.807, 2.05) is 4.90 Å². The molecule has 0 aromatic heterocycles. The Morgan fingerprint density at radius 2 is 1.71 bits per heavy atom. The molecule has 0 atom stereocenters. The number of rotatable bonds is 3. The number of nitrogens with two attached hydrogens (primary N) is 1. The Balaban J connectivity index is 1.39. The Morgan fingerprint density at radius 1 is 1.04 bits per heavy atom. The number of halogens is 1. The number of likely N-dealkylation sites (tertiary alicyclic amines) is 1. The second-order valence-electron chi connectivity index (χ2n) is 9.01. The molecule has 2 amide bonds. The minimum atomic E-state index is -0.728. The molecule has 150 valence electrons. The van der Waals surface area contributed by atoms with Crippen LogP contribution < -0.4 is 5.73 Å². The van der Waals surface area contributed by atoms with E-state index in [4.69, 9.17) is 5.73 Å². The lowest BCUT2D eigenvalue weighted by atomic mass is 9.91. The average molecular weight is 385 g/mol. The van der Waals surface area contributed by atoms with Gasteiger partial charge in [-0.3, -0.25) is 9.59 Å². The topological polar surface area (TPSA) is 66.6 Å². The minimum absolute atomic E-state index is 0.0356. The fourth-order valence-electron chi connectivity index (χ4n) is 5.94. The molecular weight excluding hydrogens is 357 g/mol. The normalized spacial score (nSPS) is 25.3. The van der Waals surface area contributed by atoms with Crippen molar-refractivity contribution < 1.29 is 14.0 Å². The van der Waals surface area contributed by atoms with Gasteiger partial charge < -0.3 is 15.5 Å². The molecule has 1 aromatic rings. The Hall–Kier alpha value is -1.95. The van der Waals surface area contributed by atoms with E-state index >= 15 is 0 Å². The molecule has 5 rings (SSSR count). The molecule has 4 aliphatic rings. The van der Waals surface area contributed by atoms with Crippen molar-refractivity contribution in [2.24, 2.45) is 5.73 Å². The highest BCUT2D eigenvalue weighted by Crippen LogP contribution is 2.58. The molecule has 0 radical (unpaired) electrons. The first-order valence-electron chi connectivity index (χ1n) is 10.7. The second-order valence-corrected chi connectivity index (χ2v) is 9.01. The molecule has 1 saturated heterocycles. The molecular formula is C22H28FN3O2. The van der Waals surface area contributed by atoms with Crippen LogP contribution in [-0.2, 0) is 5.54 Å². The molecule has 28 heavy (non-hydrogen) atoms. The standard InChI is InChI=1S/C22H28FN3O2/c23-14-12-17(20(24)27)19-18(13-14)22(8-9-22)26(21(19)28)16-6-10-25(11-7-16)15-4-2-1-3-5-15/h12-13,15-16H,1-11H2,(H2,24,27). The van der Waals surface area contributed by atoms with E-state index in [1.165, 1.54) is 38.2 Å². The maximum absolute atomic E-state index is 14.2. The van der Waals surface area contributed by atoms with E-state index in [2.05, 4.69) is 4.90 Å². The molecule has 5 nitrogen and oxygen atoms in total. The summed E-state index contributed by atoms with van der Waals surface area (Å²) in [6.07, 6.45) is 10.2. The third kappa shape index (κ3) is 2.68. The molecule has 2 N–H and O–H groups in total. The van der Waals surface area contributed by atoms with Gasteiger partial charge in [-0.25, -0.2) is 4.39 Å². The molecule has 0 bridgehead atoms. The molecule has 1 aromatic carbocycles. The van der Waals surface area contributed by atoms with Crippen LogP contribution in [0, 0.1) is 5.82 Å². The van der Waals surface area contributed by atoms with E-state index < -0.39 is 17.3 Å². The third-order valence-corrected chi connectivity index (χ3v) is 7.44. The fourth-order valence-corrected chi connectivity index (χ4v) is 5.94. The zero-order valence-corrected chi connectivity index (χ0v) is 16.3. The van der Waals surface area contributed by atoms with E-state index in [0.717, 1.165) is 44.8 Å². The molecule has 2 heterocycles. The van der Waals surface area contributed by atoms with E-state index in [0.29, 0.717) is 17.2 Å². The van der Waals surface area contributed by atoms with Crippen molar-refractivity contribution in [3.8, 4) is 0 Å². The molecule has 6 heteroatoms. The number of nitrogens with zero attached hydrogens (tertiary/aromatic N) is 2. The molecule has 3 fully saturated rings. The van der Waals surface area contributed by atoms with Gasteiger partial charge in [0.2, 0.25) is 5.91 Å². The Kier molecular flexibility index (Phi) is 4.23. The van der Waals surface area contributed by atoms with Crippen molar-refractivity contribution in [1.82, 2.24) is 9.80 Å². The maximum Gasteiger partial charge on any atom is 0.256 e. The number of benzene rings is 1. The third-order valence-electron chi connectivity index (χ3n) is 7.44. The SMILES string of the molecule is NC(=O)c1cc(F)cc2c1C(=O)N(C1CCN(C3CCCCC3)CC1)C21CC1. The molecule has 2 aliphatic heterocycles.